The number of fused-ring (bicyclic) bond motifs is 1. The third-order valence-corrected chi connectivity index (χ3v) is 4.95. The second kappa shape index (κ2) is 7.92. The van der Waals surface area contributed by atoms with Gasteiger partial charge in [0.1, 0.15) is 17.3 Å². The van der Waals surface area contributed by atoms with E-state index in [2.05, 4.69) is 31.2 Å². The van der Waals surface area contributed by atoms with E-state index in [9.17, 15) is 4.79 Å². The molecule has 8 heteroatoms. The lowest BCUT2D eigenvalue weighted by Crippen LogP contribution is -2.14. The van der Waals surface area contributed by atoms with Crippen LogP contribution in [0.25, 0.3) is 11.0 Å². The van der Waals surface area contributed by atoms with Gasteiger partial charge in [0.15, 0.2) is 0 Å². The molecule has 0 aliphatic heterocycles. The van der Waals surface area contributed by atoms with E-state index in [1.54, 1.807) is 25.4 Å². The first kappa shape index (κ1) is 18.9. The van der Waals surface area contributed by atoms with Gasteiger partial charge in [0.2, 0.25) is 12.4 Å². The van der Waals surface area contributed by atoms with E-state index in [0.29, 0.717) is 23.7 Å². The van der Waals surface area contributed by atoms with Crippen molar-refractivity contribution in [3.05, 3.63) is 65.3 Å². The quantitative estimate of drug-likeness (QED) is 0.423. The van der Waals surface area contributed by atoms with Gasteiger partial charge < -0.3 is 19.5 Å². The number of aromatic nitrogens is 3. The number of benzene rings is 2. The van der Waals surface area contributed by atoms with Crippen molar-refractivity contribution >= 4 is 50.8 Å². The number of hydrogen-bond donors (Lipinski definition) is 1. The first-order valence-corrected chi connectivity index (χ1v) is 9.64. The lowest BCUT2D eigenvalue weighted by molar-refractivity contribution is -0.107. The van der Waals surface area contributed by atoms with Crippen molar-refractivity contribution in [1.82, 2.24) is 14.5 Å². The van der Waals surface area contributed by atoms with Crippen molar-refractivity contribution < 1.29 is 9.53 Å². The Labute approximate surface area is 176 Å². The highest BCUT2D eigenvalue weighted by Gasteiger charge is 2.10. The summed E-state index contributed by atoms with van der Waals surface area (Å²) in [5.41, 5.74) is 2.74. The maximum absolute atomic E-state index is 10.9. The molecule has 4 rings (SSSR count). The number of imidazole rings is 1. The normalized spacial score (nSPS) is 10.7. The minimum Gasteiger partial charge on any atom is -0.457 e. The molecule has 0 fully saturated rings. The van der Waals surface area contributed by atoms with E-state index in [1.807, 2.05) is 54.1 Å². The van der Waals surface area contributed by atoms with E-state index < -0.39 is 0 Å². The molecular weight excluding hydrogens is 434 g/mol. The molecule has 29 heavy (non-hydrogen) atoms. The summed E-state index contributed by atoms with van der Waals surface area (Å²) in [7, 11) is 3.60. The van der Waals surface area contributed by atoms with Crippen molar-refractivity contribution in [2.75, 3.05) is 17.3 Å². The zero-order valence-electron chi connectivity index (χ0n) is 15.8. The molecule has 2 aromatic carbocycles. The van der Waals surface area contributed by atoms with Gasteiger partial charge in [-0.25, -0.2) is 9.97 Å². The zero-order chi connectivity index (χ0) is 20.4. The number of carbonyl (C=O) groups is 1. The van der Waals surface area contributed by atoms with Gasteiger partial charge in [0, 0.05) is 42.6 Å². The van der Waals surface area contributed by atoms with E-state index >= 15 is 0 Å². The van der Waals surface area contributed by atoms with Crippen LogP contribution in [0, 0.1) is 0 Å². The van der Waals surface area contributed by atoms with Gasteiger partial charge in [-0.1, -0.05) is 15.9 Å². The maximum atomic E-state index is 10.9. The van der Waals surface area contributed by atoms with Crippen molar-refractivity contribution in [1.29, 1.82) is 0 Å². The van der Waals surface area contributed by atoms with Crippen LogP contribution in [0.2, 0.25) is 0 Å². The fourth-order valence-corrected chi connectivity index (χ4v) is 3.13. The van der Waals surface area contributed by atoms with Crippen LogP contribution in [-0.4, -0.2) is 28.0 Å². The van der Waals surface area contributed by atoms with Crippen molar-refractivity contribution in [2.45, 2.75) is 0 Å². The van der Waals surface area contributed by atoms with Crippen LogP contribution in [0.15, 0.2) is 65.3 Å². The topological polar surface area (TPSA) is 72.3 Å². The maximum Gasteiger partial charge on any atom is 0.215 e. The molecule has 4 aromatic rings. The van der Waals surface area contributed by atoms with Crippen LogP contribution in [0.3, 0.4) is 0 Å². The molecule has 1 amide bonds. The molecule has 0 spiro atoms. The minimum absolute atomic E-state index is 0.511. The molecule has 0 unspecified atom stereocenters. The number of carbonyl (C=O) groups excluding carboxylic acids is 1. The summed E-state index contributed by atoms with van der Waals surface area (Å²) in [6, 6.07) is 17.1. The second-order valence-electron chi connectivity index (χ2n) is 6.44. The molecule has 0 saturated carbocycles. The number of pyridine rings is 1. The van der Waals surface area contributed by atoms with Crippen LogP contribution in [0.4, 0.5) is 17.5 Å². The van der Waals surface area contributed by atoms with Crippen LogP contribution >= 0.6 is 15.9 Å². The highest BCUT2D eigenvalue weighted by Crippen LogP contribution is 2.29. The SMILES string of the molecule is CN(C=O)c1cc(Oc2ccc3c(c2)nc(Nc2ccc(Br)cc2)n3C)ccn1. The summed E-state index contributed by atoms with van der Waals surface area (Å²) in [5.74, 6) is 2.49. The number of hydrogen-bond acceptors (Lipinski definition) is 5. The standard InChI is InChI=1S/C21H18BrN5O2/c1-26(13-28)20-12-17(9-10-23-20)29-16-7-8-19-18(11-16)25-21(27(19)2)24-15-5-3-14(22)4-6-15/h3-13H,1-2H3,(H,24,25). The molecule has 1 N–H and O–H groups in total. The summed E-state index contributed by atoms with van der Waals surface area (Å²) >= 11 is 3.44. The fraction of sp³-hybridized carbons (Fsp3) is 0.0952. The van der Waals surface area contributed by atoms with Crippen LogP contribution in [0.5, 0.6) is 11.5 Å². The Morgan fingerprint density at radius 2 is 1.86 bits per heavy atom. The van der Waals surface area contributed by atoms with Crippen LogP contribution in [-0.2, 0) is 11.8 Å². The number of ether oxygens (including phenoxy) is 1. The summed E-state index contributed by atoms with van der Waals surface area (Å²) in [6.45, 7) is 0. The smallest absolute Gasteiger partial charge is 0.215 e. The Morgan fingerprint density at radius 1 is 1.10 bits per heavy atom. The average molecular weight is 452 g/mol. The number of nitrogens with one attached hydrogen (secondary N) is 1. The van der Waals surface area contributed by atoms with E-state index in [4.69, 9.17) is 4.74 Å². The average Bonchev–Trinajstić information content (AvgIpc) is 3.04. The molecule has 0 aliphatic rings. The predicted molar refractivity (Wildman–Crippen MR) is 117 cm³/mol. The first-order valence-electron chi connectivity index (χ1n) is 8.84. The minimum atomic E-state index is 0.511. The van der Waals surface area contributed by atoms with Gasteiger partial charge in [-0.2, -0.15) is 0 Å². The van der Waals surface area contributed by atoms with Crippen molar-refractivity contribution in [3.63, 3.8) is 0 Å². The summed E-state index contributed by atoms with van der Waals surface area (Å²) in [4.78, 5) is 21.1. The van der Waals surface area contributed by atoms with Gasteiger partial charge in [0.25, 0.3) is 0 Å². The second-order valence-corrected chi connectivity index (χ2v) is 7.36. The van der Waals surface area contributed by atoms with E-state index in [0.717, 1.165) is 27.1 Å². The lowest BCUT2D eigenvalue weighted by Gasteiger charge is -2.11. The van der Waals surface area contributed by atoms with Gasteiger partial charge >= 0.3 is 0 Å². The third-order valence-electron chi connectivity index (χ3n) is 4.42. The monoisotopic (exact) mass is 451 g/mol. The largest absolute Gasteiger partial charge is 0.457 e. The van der Waals surface area contributed by atoms with Gasteiger partial charge in [-0.15, -0.1) is 0 Å². The highest BCUT2D eigenvalue weighted by atomic mass is 79.9. The van der Waals surface area contributed by atoms with Gasteiger partial charge in [0.05, 0.1) is 11.0 Å². The molecule has 2 aromatic heterocycles. The van der Waals surface area contributed by atoms with Crippen LogP contribution in [0.1, 0.15) is 0 Å². The molecule has 2 heterocycles. The van der Waals surface area contributed by atoms with E-state index in [-0.39, 0.29) is 0 Å². The summed E-state index contributed by atoms with van der Waals surface area (Å²) < 4.78 is 8.96. The van der Waals surface area contributed by atoms with Gasteiger partial charge in [-0.05, 0) is 42.5 Å². The van der Waals surface area contributed by atoms with Gasteiger partial charge in [-0.3, -0.25) is 4.79 Å². The molecule has 0 saturated heterocycles. The predicted octanol–water partition coefficient (Wildman–Crippen LogP) is 4.86. The number of aryl methyl sites for hydroxylation is 1. The van der Waals surface area contributed by atoms with Crippen molar-refractivity contribution in [2.24, 2.45) is 7.05 Å². The highest BCUT2D eigenvalue weighted by molar-refractivity contribution is 9.10. The third kappa shape index (κ3) is 4.07. The fourth-order valence-electron chi connectivity index (χ4n) is 2.86. The molecule has 0 radical (unpaired) electrons. The Morgan fingerprint density at radius 3 is 2.62 bits per heavy atom. The molecule has 7 nitrogen and oxygen atoms in total. The van der Waals surface area contributed by atoms with Crippen LogP contribution < -0.4 is 15.0 Å². The number of nitrogens with zero attached hydrogens (tertiary/aromatic N) is 4. The molecule has 146 valence electrons. The number of rotatable bonds is 6. The van der Waals surface area contributed by atoms with E-state index in [1.165, 1.54) is 4.90 Å². The molecular formula is C21H18BrN5O2. The number of anilines is 3. The Hall–Kier alpha value is -3.39. The Bertz CT molecular complexity index is 1170. The zero-order valence-corrected chi connectivity index (χ0v) is 17.4. The number of halogens is 1. The molecule has 0 atom stereocenters. The lowest BCUT2D eigenvalue weighted by atomic mass is 10.3. The molecule has 0 bridgehead atoms. The Balaban J connectivity index is 1.59. The van der Waals surface area contributed by atoms with Crippen molar-refractivity contribution in [3.8, 4) is 11.5 Å². The Kier molecular flexibility index (Phi) is 5.18. The first-order chi connectivity index (χ1) is 14.0. The summed E-state index contributed by atoms with van der Waals surface area (Å²) in [6.07, 6.45) is 2.30. The summed E-state index contributed by atoms with van der Waals surface area (Å²) in [5, 5.41) is 3.33. The number of amides is 1. The molecule has 0 aliphatic carbocycles.